The maximum Gasteiger partial charge on any atom is 0.159 e. The summed E-state index contributed by atoms with van der Waals surface area (Å²) in [5.74, 6) is -3.41. The normalized spacial score (nSPS) is 11.7. The van der Waals surface area contributed by atoms with Crippen molar-refractivity contribution in [1.29, 1.82) is 0 Å². The second-order valence-corrected chi connectivity index (χ2v) is 5.24. The topological polar surface area (TPSA) is 24.7 Å². The molecule has 0 radical (unpaired) electrons. The Hall–Kier alpha value is -2.50. The fourth-order valence-corrected chi connectivity index (χ4v) is 2.07. The van der Waals surface area contributed by atoms with E-state index in [-0.39, 0.29) is 11.1 Å². The smallest absolute Gasteiger partial charge is 0.159 e. The molecule has 24 heavy (non-hydrogen) atoms. The second-order valence-electron chi connectivity index (χ2n) is 5.24. The van der Waals surface area contributed by atoms with Crippen LogP contribution in [0.15, 0.2) is 40.5 Å². The van der Waals surface area contributed by atoms with Crippen molar-refractivity contribution in [1.82, 2.24) is 0 Å². The lowest BCUT2D eigenvalue weighted by atomic mass is 10.1. The first kappa shape index (κ1) is 17.8. The van der Waals surface area contributed by atoms with Gasteiger partial charge in [-0.1, -0.05) is 19.4 Å². The summed E-state index contributed by atoms with van der Waals surface area (Å²) in [6, 6.07) is 5.76. The van der Waals surface area contributed by atoms with Crippen LogP contribution in [-0.2, 0) is 6.42 Å². The summed E-state index contributed by atoms with van der Waals surface area (Å²) in [4.78, 5) is 0. The SMILES string of the molecule is CCCCc1cc(F)c(C=NN=Cc2ccc(F)c(F)c2)c(F)c1. The van der Waals surface area contributed by atoms with Gasteiger partial charge in [0.25, 0.3) is 0 Å². The van der Waals surface area contributed by atoms with Crippen LogP contribution in [0.3, 0.4) is 0 Å². The number of aryl methyl sites for hydroxylation is 1. The summed E-state index contributed by atoms with van der Waals surface area (Å²) in [7, 11) is 0. The van der Waals surface area contributed by atoms with E-state index in [1.54, 1.807) is 0 Å². The fourth-order valence-electron chi connectivity index (χ4n) is 2.07. The number of nitrogens with zero attached hydrogens (tertiary/aromatic N) is 2. The highest BCUT2D eigenvalue weighted by Gasteiger charge is 2.09. The maximum atomic E-state index is 13.9. The standard InChI is InChI=1S/C18H16F4N2/c1-2-3-4-12-7-16(20)14(17(21)8-12)11-24-23-10-13-5-6-15(19)18(22)9-13/h5-11H,2-4H2,1H3. The maximum absolute atomic E-state index is 13.9. The molecule has 0 atom stereocenters. The van der Waals surface area contributed by atoms with Gasteiger partial charge in [-0.15, -0.1) is 0 Å². The summed E-state index contributed by atoms with van der Waals surface area (Å²) >= 11 is 0. The predicted molar refractivity (Wildman–Crippen MR) is 86.5 cm³/mol. The zero-order chi connectivity index (χ0) is 17.5. The molecule has 0 spiro atoms. The molecule has 0 bridgehead atoms. The third-order valence-electron chi connectivity index (χ3n) is 3.36. The van der Waals surface area contributed by atoms with Gasteiger partial charge in [-0.25, -0.2) is 17.6 Å². The molecule has 2 aromatic rings. The highest BCUT2D eigenvalue weighted by Crippen LogP contribution is 2.16. The van der Waals surface area contributed by atoms with Gasteiger partial charge >= 0.3 is 0 Å². The molecule has 0 unspecified atom stereocenters. The van der Waals surface area contributed by atoms with Crippen molar-refractivity contribution < 1.29 is 17.6 Å². The first-order valence-corrected chi connectivity index (χ1v) is 7.50. The molecule has 6 heteroatoms. The molecule has 2 rings (SSSR count). The zero-order valence-corrected chi connectivity index (χ0v) is 13.1. The minimum absolute atomic E-state index is 0.280. The molecule has 0 saturated heterocycles. The van der Waals surface area contributed by atoms with Crippen LogP contribution in [0.2, 0.25) is 0 Å². The molecule has 2 aromatic carbocycles. The molecule has 126 valence electrons. The van der Waals surface area contributed by atoms with E-state index in [1.807, 2.05) is 6.92 Å². The first-order chi connectivity index (χ1) is 11.5. The van der Waals surface area contributed by atoms with Crippen molar-refractivity contribution in [3.63, 3.8) is 0 Å². The number of unbranched alkanes of at least 4 members (excludes halogenated alkanes) is 1. The van der Waals surface area contributed by atoms with Crippen LogP contribution in [0.5, 0.6) is 0 Å². The molecule has 0 aliphatic carbocycles. The van der Waals surface area contributed by atoms with Crippen LogP contribution in [-0.4, -0.2) is 12.4 Å². The van der Waals surface area contributed by atoms with Gasteiger partial charge in [0.1, 0.15) is 11.6 Å². The highest BCUT2D eigenvalue weighted by molar-refractivity contribution is 5.83. The lowest BCUT2D eigenvalue weighted by Gasteiger charge is -2.04. The van der Waals surface area contributed by atoms with Gasteiger partial charge in [0.05, 0.1) is 18.0 Å². The van der Waals surface area contributed by atoms with Crippen molar-refractivity contribution in [2.75, 3.05) is 0 Å². The van der Waals surface area contributed by atoms with E-state index in [0.717, 1.165) is 37.4 Å². The van der Waals surface area contributed by atoms with Gasteiger partial charge in [-0.2, -0.15) is 10.2 Å². The Morgan fingerprint density at radius 1 is 0.833 bits per heavy atom. The molecule has 0 N–H and O–H groups in total. The Labute approximate surface area is 137 Å². The van der Waals surface area contributed by atoms with Crippen LogP contribution in [0, 0.1) is 23.3 Å². The number of rotatable bonds is 6. The predicted octanol–water partition coefficient (Wildman–Crippen LogP) is 5.04. The van der Waals surface area contributed by atoms with Crippen LogP contribution in [0.25, 0.3) is 0 Å². The minimum Gasteiger partial charge on any atom is -0.206 e. The molecule has 0 aliphatic rings. The van der Waals surface area contributed by atoms with Crippen LogP contribution >= 0.6 is 0 Å². The number of benzene rings is 2. The Bertz CT molecular complexity index is 747. The second kappa shape index (κ2) is 8.38. The average molecular weight is 336 g/mol. The fraction of sp³-hybridized carbons (Fsp3) is 0.222. The Balaban J connectivity index is 2.10. The molecule has 2 nitrogen and oxygen atoms in total. The van der Waals surface area contributed by atoms with Gasteiger partial charge in [0.2, 0.25) is 0 Å². The van der Waals surface area contributed by atoms with Crippen molar-refractivity contribution in [3.05, 3.63) is 70.3 Å². The largest absolute Gasteiger partial charge is 0.206 e. The van der Waals surface area contributed by atoms with Crippen molar-refractivity contribution in [3.8, 4) is 0 Å². The zero-order valence-electron chi connectivity index (χ0n) is 13.1. The third-order valence-corrected chi connectivity index (χ3v) is 3.36. The molecule has 0 aromatic heterocycles. The number of hydrogen-bond acceptors (Lipinski definition) is 2. The molecule has 0 saturated carbocycles. The number of hydrogen-bond donors (Lipinski definition) is 0. The summed E-state index contributed by atoms with van der Waals surface area (Å²) in [6.07, 6.45) is 4.50. The van der Waals surface area contributed by atoms with Crippen molar-refractivity contribution >= 4 is 12.4 Å². The molecule has 0 aliphatic heterocycles. The highest BCUT2D eigenvalue weighted by atomic mass is 19.2. The minimum atomic E-state index is -1.01. The van der Waals surface area contributed by atoms with E-state index >= 15 is 0 Å². The summed E-state index contributed by atoms with van der Waals surface area (Å²) in [5.41, 5.74) is 0.578. The van der Waals surface area contributed by atoms with Crippen LogP contribution in [0.1, 0.15) is 36.5 Å². The van der Waals surface area contributed by atoms with Gasteiger partial charge in [-0.3, -0.25) is 0 Å². The van der Waals surface area contributed by atoms with E-state index in [4.69, 9.17) is 0 Å². The lowest BCUT2D eigenvalue weighted by Crippen LogP contribution is -1.97. The van der Waals surface area contributed by atoms with E-state index in [9.17, 15) is 17.6 Å². The molecular formula is C18H16F4N2. The molecule has 0 amide bonds. The molecule has 0 fully saturated rings. The Morgan fingerprint density at radius 3 is 2.12 bits per heavy atom. The van der Waals surface area contributed by atoms with E-state index < -0.39 is 23.3 Å². The summed E-state index contributed by atoms with van der Waals surface area (Å²) < 4.78 is 53.6. The third kappa shape index (κ3) is 4.75. The van der Waals surface area contributed by atoms with Crippen LogP contribution < -0.4 is 0 Å². The van der Waals surface area contributed by atoms with Gasteiger partial charge in [0.15, 0.2) is 11.6 Å². The van der Waals surface area contributed by atoms with Crippen molar-refractivity contribution in [2.24, 2.45) is 10.2 Å². The van der Waals surface area contributed by atoms with Crippen molar-refractivity contribution in [2.45, 2.75) is 26.2 Å². The van der Waals surface area contributed by atoms with Gasteiger partial charge in [0, 0.05) is 0 Å². The quantitative estimate of drug-likeness (QED) is 0.401. The average Bonchev–Trinajstić information content (AvgIpc) is 2.54. The molecular weight excluding hydrogens is 320 g/mol. The van der Waals surface area contributed by atoms with E-state index in [1.165, 1.54) is 18.2 Å². The number of halogens is 4. The van der Waals surface area contributed by atoms with Gasteiger partial charge < -0.3 is 0 Å². The summed E-state index contributed by atoms with van der Waals surface area (Å²) in [5, 5.41) is 7.13. The Kier molecular flexibility index (Phi) is 6.23. The Morgan fingerprint density at radius 2 is 1.50 bits per heavy atom. The summed E-state index contributed by atoms with van der Waals surface area (Å²) in [6.45, 7) is 2.00. The molecule has 0 heterocycles. The lowest BCUT2D eigenvalue weighted by molar-refractivity contribution is 0.508. The van der Waals surface area contributed by atoms with E-state index in [0.29, 0.717) is 12.0 Å². The van der Waals surface area contributed by atoms with Gasteiger partial charge in [-0.05, 0) is 48.2 Å². The monoisotopic (exact) mass is 336 g/mol. The first-order valence-electron chi connectivity index (χ1n) is 7.50. The van der Waals surface area contributed by atoms with Crippen LogP contribution in [0.4, 0.5) is 17.6 Å². The van der Waals surface area contributed by atoms with E-state index in [2.05, 4.69) is 10.2 Å².